The molecule has 1 amide bonds. The smallest absolute Gasteiger partial charge is 0.255 e. The Morgan fingerprint density at radius 1 is 1.53 bits per heavy atom. The second-order valence-corrected chi connectivity index (χ2v) is 5.74. The molecule has 0 aliphatic rings. The van der Waals surface area contributed by atoms with E-state index in [0.29, 0.717) is 17.5 Å². The summed E-state index contributed by atoms with van der Waals surface area (Å²) in [7, 11) is 0. The lowest BCUT2D eigenvalue weighted by molar-refractivity contribution is 0.0950. The molecule has 0 spiro atoms. The van der Waals surface area contributed by atoms with E-state index in [4.69, 9.17) is 11.6 Å². The summed E-state index contributed by atoms with van der Waals surface area (Å²) in [5, 5.41) is 12.7. The number of benzene rings is 1. The van der Waals surface area contributed by atoms with E-state index in [1.54, 1.807) is 0 Å². The van der Waals surface area contributed by atoms with E-state index in [9.17, 15) is 9.90 Å². The molecular formula is C12H15BrClNO2. The van der Waals surface area contributed by atoms with Gasteiger partial charge in [-0.1, -0.05) is 41.4 Å². The Hall–Kier alpha value is -0.740. The van der Waals surface area contributed by atoms with Gasteiger partial charge in [0.05, 0.1) is 5.56 Å². The van der Waals surface area contributed by atoms with Crippen LogP contribution >= 0.6 is 27.5 Å². The summed E-state index contributed by atoms with van der Waals surface area (Å²) < 4.78 is 0. The van der Waals surface area contributed by atoms with Crippen LogP contribution in [-0.2, 0) is 0 Å². The van der Waals surface area contributed by atoms with Crippen molar-refractivity contribution in [1.29, 1.82) is 0 Å². The Balaban J connectivity index is 2.67. The zero-order valence-electron chi connectivity index (χ0n) is 9.71. The number of phenolic OH excluding ortho intramolecular Hbond substituents is 1. The quantitative estimate of drug-likeness (QED) is 0.837. The number of nitrogens with one attached hydrogen (secondary N) is 1. The van der Waals surface area contributed by atoms with Crippen LogP contribution in [0, 0.1) is 5.92 Å². The third-order valence-corrected chi connectivity index (χ3v) is 4.00. The molecule has 1 atom stereocenters. The van der Waals surface area contributed by atoms with Gasteiger partial charge in [0.25, 0.3) is 5.91 Å². The number of carbonyl (C=O) groups is 1. The summed E-state index contributed by atoms with van der Waals surface area (Å²) >= 11 is 9.25. The maximum Gasteiger partial charge on any atom is 0.255 e. The van der Waals surface area contributed by atoms with E-state index < -0.39 is 0 Å². The fraction of sp³-hybridized carbons (Fsp3) is 0.417. The molecule has 0 saturated carbocycles. The highest BCUT2D eigenvalue weighted by Crippen LogP contribution is 2.21. The Bertz CT molecular complexity index is 409. The molecule has 17 heavy (non-hydrogen) atoms. The van der Waals surface area contributed by atoms with Gasteiger partial charge in [-0.3, -0.25) is 4.79 Å². The molecule has 0 aliphatic heterocycles. The number of carbonyl (C=O) groups excluding carboxylic acids is 1. The number of amides is 1. The molecule has 1 unspecified atom stereocenters. The molecule has 0 saturated heterocycles. The number of alkyl halides is 1. The lowest BCUT2D eigenvalue weighted by atomic mass is 10.1. The Labute approximate surface area is 114 Å². The fourth-order valence-corrected chi connectivity index (χ4v) is 1.55. The lowest BCUT2D eigenvalue weighted by Gasteiger charge is -2.14. The maximum absolute atomic E-state index is 11.8. The van der Waals surface area contributed by atoms with Gasteiger partial charge in [-0.05, 0) is 24.1 Å². The molecule has 0 bridgehead atoms. The number of phenols is 1. The Kier molecular flexibility index (Phi) is 5.28. The summed E-state index contributed by atoms with van der Waals surface area (Å²) in [6, 6.07) is 4.39. The first kappa shape index (κ1) is 14.3. The van der Waals surface area contributed by atoms with Gasteiger partial charge in [0.15, 0.2) is 0 Å². The Morgan fingerprint density at radius 2 is 2.18 bits per heavy atom. The van der Waals surface area contributed by atoms with Crippen LogP contribution in [0.15, 0.2) is 18.2 Å². The largest absolute Gasteiger partial charge is 0.507 e. The fourth-order valence-electron chi connectivity index (χ4n) is 1.21. The highest BCUT2D eigenvalue weighted by molar-refractivity contribution is 9.09. The number of hydrogen-bond acceptors (Lipinski definition) is 2. The number of aromatic hydroxyl groups is 1. The number of halogens is 2. The van der Waals surface area contributed by atoms with Crippen molar-refractivity contribution in [2.45, 2.75) is 18.7 Å². The first-order valence-corrected chi connectivity index (χ1v) is 6.62. The average Bonchev–Trinajstić information content (AvgIpc) is 2.28. The first-order chi connectivity index (χ1) is 7.91. The molecule has 1 aromatic rings. The molecule has 0 fully saturated rings. The molecule has 0 aliphatic carbocycles. The zero-order valence-corrected chi connectivity index (χ0v) is 12.0. The van der Waals surface area contributed by atoms with Crippen LogP contribution in [0.1, 0.15) is 24.2 Å². The van der Waals surface area contributed by atoms with Gasteiger partial charge >= 0.3 is 0 Å². The minimum absolute atomic E-state index is 0.0671. The summed E-state index contributed by atoms with van der Waals surface area (Å²) in [6.07, 6.45) is 0. The van der Waals surface area contributed by atoms with E-state index in [-0.39, 0.29) is 22.0 Å². The van der Waals surface area contributed by atoms with Crippen molar-refractivity contribution in [3.63, 3.8) is 0 Å². The van der Waals surface area contributed by atoms with Crippen molar-refractivity contribution in [3.8, 4) is 5.75 Å². The van der Waals surface area contributed by atoms with Crippen LogP contribution in [0.2, 0.25) is 5.02 Å². The van der Waals surface area contributed by atoms with Gasteiger partial charge in [-0.15, -0.1) is 0 Å². The second-order valence-electron chi connectivity index (χ2n) is 4.13. The average molecular weight is 321 g/mol. The van der Waals surface area contributed by atoms with Crippen molar-refractivity contribution in [2.24, 2.45) is 5.92 Å². The Morgan fingerprint density at radius 3 is 2.76 bits per heavy atom. The predicted molar refractivity (Wildman–Crippen MR) is 73.0 cm³/mol. The summed E-state index contributed by atoms with van der Waals surface area (Å²) in [4.78, 5) is 12.0. The molecule has 1 rings (SSSR count). The van der Waals surface area contributed by atoms with Crippen LogP contribution in [0.3, 0.4) is 0 Å². The minimum Gasteiger partial charge on any atom is -0.507 e. The van der Waals surface area contributed by atoms with Crippen molar-refractivity contribution >= 4 is 33.4 Å². The van der Waals surface area contributed by atoms with Crippen molar-refractivity contribution in [2.75, 3.05) is 6.54 Å². The second kappa shape index (κ2) is 6.26. The molecular weight excluding hydrogens is 305 g/mol. The number of hydrogen-bond donors (Lipinski definition) is 2. The van der Waals surface area contributed by atoms with Crippen LogP contribution in [0.5, 0.6) is 5.75 Å². The molecule has 0 radical (unpaired) electrons. The van der Waals surface area contributed by atoms with Gasteiger partial charge < -0.3 is 10.4 Å². The number of rotatable bonds is 4. The van der Waals surface area contributed by atoms with E-state index in [0.717, 1.165) is 0 Å². The highest BCUT2D eigenvalue weighted by atomic mass is 79.9. The van der Waals surface area contributed by atoms with E-state index in [1.807, 2.05) is 0 Å². The van der Waals surface area contributed by atoms with Crippen LogP contribution in [-0.4, -0.2) is 22.4 Å². The highest BCUT2D eigenvalue weighted by Gasteiger charge is 2.14. The molecule has 5 heteroatoms. The molecule has 0 heterocycles. The maximum atomic E-state index is 11.8. The lowest BCUT2D eigenvalue weighted by Crippen LogP contribution is -2.31. The molecule has 1 aromatic carbocycles. The summed E-state index contributed by atoms with van der Waals surface area (Å²) in [6.45, 7) is 4.62. The normalized spacial score (nSPS) is 12.5. The first-order valence-electron chi connectivity index (χ1n) is 5.32. The van der Waals surface area contributed by atoms with Gasteiger partial charge in [-0.2, -0.15) is 0 Å². The molecule has 2 N–H and O–H groups in total. The van der Waals surface area contributed by atoms with Crippen LogP contribution in [0.25, 0.3) is 0 Å². The van der Waals surface area contributed by atoms with Crippen LogP contribution in [0.4, 0.5) is 0 Å². The van der Waals surface area contributed by atoms with Gasteiger partial charge in [-0.25, -0.2) is 0 Å². The summed E-state index contributed by atoms with van der Waals surface area (Å²) in [5.41, 5.74) is 0.195. The van der Waals surface area contributed by atoms with Crippen molar-refractivity contribution in [3.05, 3.63) is 28.8 Å². The van der Waals surface area contributed by atoms with E-state index in [2.05, 4.69) is 35.1 Å². The standard InChI is InChI=1S/C12H15BrClNO2/c1-7(2)10(13)6-15-12(17)9-5-8(14)3-4-11(9)16/h3-5,7,10,16H,6H2,1-2H3,(H,15,17). The van der Waals surface area contributed by atoms with Crippen molar-refractivity contribution in [1.82, 2.24) is 5.32 Å². The van der Waals surface area contributed by atoms with Crippen molar-refractivity contribution < 1.29 is 9.90 Å². The molecule has 3 nitrogen and oxygen atoms in total. The third-order valence-electron chi connectivity index (χ3n) is 2.38. The molecule has 94 valence electrons. The SMILES string of the molecule is CC(C)C(Br)CNC(=O)c1cc(Cl)ccc1O. The monoisotopic (exact) mass is 319 g/mol. The van der Waals surface area contributed by atoms with E-state index >= 15 is 0 Å². The van der Waals surface area contributed by atoms with Gasteiger partial charge in [0.1, 0.15) is 5.75 Å². The van der Waals surface area contributed by atoms with E-state index in [1.165, 1.54) is 18.2 Å². The molecule has 0 aromatic heterocycles. The minimum atomic E-state index is -0.324. The van der Waals surface area contributed by atoms with Gasteiger partial charge in [0, 0.05) is 16.4 Å². The third kappa shape index (κ3) is 4.21. The summed E-state index contributed by atoms with van der Waals surface area (Å²) in [5.74, 6) is 0.0286. The predicted octanol–water partition coefficient (Wildman–Crippen LogP) is 3.19. The topological polar surface area (TPSA) is 49.3 Å². The van der Waals surface area contributed by atoms with Crippen LogP contribution < -0.4 is 5.32 Å². The zero-order chi connectivity index (χ0) is 13.0. The van der Waals surface area contributed by atoms with Gasteiger partial charge in [0.2, 0.25) is 0 Å².